The van der Waals surface area contributed by atoms with Crippen molar-refractivity contribution >= 4 is 22.5 Å². The van der Waals surface area contributed by atoms with Crippen LogP contribution >= 0.6 is 0 Å². The van der Waals surface area contributed by atoms with Crippen molar-refractivity contribution in [1.82, 2.24) is 4.98 Å². The van der Waals surface area contributed by atoms with Crippen molar-refractivity contribution in [2.75, 3.05) is 0 Å². The summed E-state index contributed by atoms with van der Waals surface area (Å²) in [6.07, 6.45) is 3.68. The number of aromatic nitrogens is 1. The third-order valence-electron chi connectivity index (χ3n) is 0.985. The Hall–Kier alpha value is -0.0513. The molecule has 0 saturated carbocycles. The summed E-state index contributed by atoms with van der Waals surface area (Å²) in [7, 11) is 0. The summed E-state index contributed by atoms with van der Waals surface area (Å²) < 4.78 is 1.23. The summed E-state index contributed by atoms with van der Waals surface area (Å²) in [6, 6.07) is 4.12. The van der Waals surface area contributed by atoms with E-state index in [4.69, 9.17) is 0 Å². The molecule has 2 heteroatoms. The van der Waals surface area contributed by atoms with E-state index in [1.807, 2.05) is 12.4 Å². The normalized spacial score (nSPS) is 9.12. The standard InChI is InChI=1S/C6H6N.Sn.H/c1-6-2-4-7-5-3-6;;/h2-5H,1H2;;. The summed E-state index contributed by atoms with van der Waals surface area (Å²) in [4.78, 5) is 3.91. The minimum absolute atomic E-state index is 1.23. The Morgan fingerprint density at radius 3 is 2.38 bits per heavy atom. The van der Waals surface area contributed by atoms with Crippen LogP contribution in [0.3, 0.4) is 0 Å². The van der Waals surface area contributed by atoms with Gasteiger partial charge in [-0.25, -0.2) is 0 Å². The van der Waals surface area contributed by atoms with Crippen molar-refractivity contribution < 1.29 is 0 Å². The monoisotopic (exact) mass is 213 g/mol. The first-order valence-electron chi connectivity index (χ1n) is 2.52. The average molecular weight is 212 g/mol. The molecule has 0 bridgehead atoms. The predicted molar refractivity (Wildman–Crippen MR) is 35.1 cm³/mol. The summed E-state index contributed by atoms with van der Waals surface area (Å²) >= 11 is 1.31. The van der Waals surface area contributed by atoms with E-state index in [1.54, 1.807) is 0 Å². The summed E-state index contributed by atoms with van der Waals surface area (Å²) in [5.74, 6) is 0. The number of hydrogen-bond donors (Lipinski definition) is 0. The molecule has 0 aromatic carbocycles. The van der Waals surface area contributed by atoms with Gasteiger partial charge >= 0.3 is 62.0 Å². The second-order valence-electron chi connectivity index (χ2n) is 1.56. The van der Waals surface area contributed by atoms with E-state index in [9.17, 15) is 0 Å². The SMILES string of the molecule is [SnH][CH2]c1ccncc1. The van der Waals surface area contributed by atoms with Gasteiger partial charge in [0, 0.05) is 0 Å². The van der Waals surface area contributed by atoms with Crippen LogP contribution < -0.4 is 0 Å². The maximum absolute atomic E-state index is 3.91. The molecule has 0 fully saturated rings. The van der Waals surface area contributed by atoms with Gasteiger partial charge in [0.25, 0.3) is 0 Å². The fraction of sp³-hybridized carbons (Fsp3) is 0.167. The van der Waals surface area contributed by atoms with E-state index >= 15 is 0 Å². The van der Waals surface area contributed by atoms with Crippen LogP contribution in [0.4, 0.5) is 0 Å². The van der Waals surface area contributed by atoms with Crippen LogP contribution in [-0.4, -0.2) is 27.5 Å². The Morgan fingerprint density at radius 2 is 2.00 bits per heavy atom. The van der Waals surface area contributed by atoms with E-state index in [0.717, 1.165) is 0 Å². The molecule has 1 nitrogen and oxygen atoms in total. The first kappa shape index (κ1) is 6.07. The molecule has 1 rings (SSSR count). The zero-order valence-electron chi connectivity index (χ0n) is 4.54. The minimum atomic E-state index is 1.23. The van der Waals surface area contributed by atoms with Gasteiger partial charge in [-0.2, -0.15) is 0 Å². The van der Waals surface area contributed by atoms with E-state index in [1.165, 1.54) is 32.5 Å². The quantitative estimate of drug-likeness (QED) is 0.617. The van der Waals surface area contributed by atoms with Gasteiger partial charge in [0.1, 0.15) is 0 Å². The molecule has 0 unspecified atom stereocenters. The third kappa shape index (κ3) is 1.47. The number of nitrogens with zero attached hydrogens (tertiary/aromatic N) is 1. The second-order valence-corrected chi connectivity index (χ2v) is 2.72. The van der Waals surface area contributed by atoms with Crippen LogP contribution in [0, 0.1) is 0 Å². The summed E-state index contributed by atoms with van der Waals surface area (Å²) in [5, 5.41) is 0. The van der Waals surface area contributed by atoms with Gasteiger partial charge in [-0.1, -0.05) is 0 Å². The van der Waals surface area contributed by atoms with Crippen molar-refractivity contribution in [2.24, 2.45) is 0 Å². The zero-order valence-corrected chi connectivity index (χ0v) is 7.84. The Balaban J connectivity index is 2.83. The van der Waals surface area contributed by atoms with Gasteiger partial charge in [0.2, 0.25) is 0 Å². The van der Waals surface area contributed by atoms with Crippen molar-refractivity contribution in [3.05, 3.63) is 30.1 Å². The van der Waals surface area contributed by atoms with E-state index in [-0.39, 0.29) is 0 Å². The molecule has 1 aromatic rings. The summed E-state index contributed by atoms with van der Waals surface area (Å²) in [6.45, 7) is 0. The molecule has 0 saturated heterocycles. The first-order valence-corrected chi connectivity index (χ1v) is 4.85. The molecule has 0 atom stereocenters. The zero-order chi connectivity index (χ0) is 5.82. The van der Waals surface area contributed by atoms with Crippen LogP contribution in [0.2, 0.25) is 0 Å². The van der Waals surface area contributed by atoms with Gasteiger partial charge in [-0.3, -0.25) is 0 Å². The Morgan fingerprint density at radius 1 is 1.38 bits per heavy atom. The summed E-state index contributed by atoms with van der Waals surface area (Å²) in [5.41, 5.74) is 1.41. The average Bonchev–Trinajstić information content (AvgIpc) is 1.90. The first-order chi connectivity index (χ1) is 3.93. The maximum atomic E-state index is 3.91. The Labute approximate surface area is 62.2 Å². The molecule has 1 heterocycles. The molecule has 0 aliphatic heterocycles. The molecular formula is C6H7NSn. The third-order valence-corrected chi connectivity index (χ3v) is 2.33. The molecule has 2 radical (unpaired) electrons. The van der Waals surface area contributed by atoms with Gasteiger partial charge in [0.15, 0.2) is 0 Å². The van der Waals surface area contributed by atoms with Gasteiger partial charge in [0.05, 0.1) is 0 Å². The molecule has 0 N–H and O–H groups in total. The van der Waals surface area contributed by atoms with E-state index in [0.29, 0.717) is 0 Å². The number of rotatable bonds is 1. The van der Waals surface area contributed by atoms with Crippen molar-refractivity contribution in [3.8, 4) is 0 Å². The van der Waals surface area contributed by atoms with Crippen LogP contribution in [0.25, 0.3) is 0 Å². The van der Waals surface area contributed by atoms with Crippen LogP contribution in [-0.2, 0) is 4.44 Å². The fourth-order valence-corrected chi connectivity index (χ4v) is 1.30. The topological polar surface area (TPSA) is 12.9 Å². The van der Waals surface area contributed by atoms with Gasteiger partial charge < -0.3 is 0 Å². The Kier molecular flexibility index (Phi) is 2.33. The molecule has 40 valence electrons. The molecule has 0 spiro atoms. The van der Waals surface area contributed by atoms with Gasteiger partial charge in [-0.05, 0) is 0 Å². The number of hydrogen-bond acceptors (Lipinski definition) is 1. The molecular weight excluding hydrogens is 205 g/mol. The fourth-order valence-electron chi connectivity index (χ4n) is 0.519. The van der Waals surface area contributed by atoms with E-state index < -0.39 is 0 Å². The van der Waals surface area contributed by atoms with Crippen LogP contribution in [0.15, 0.2) is 24.5 Å². The second kappa shape index (κ2) is 3.07. The van der Waals surface area contributed by atoms with Crippen LogP contribution in [0.1, 0.15) is 5.56 Å². The van der Waals surface area contributed by atoms with E-state index in [2.05, 4.69) is 17.1 Å². The molecule has 0 aliphatic carbocycles. The van der Waals surface area contributed by atoms with Crippen molar-refractivity contribution in [3.63, 3.8) is 0 Å². The van der Waals surface area contributed by atoms with Crippen molar-refractivity contribution in [2.45, 2.75) is 4.44 Å². The predicted octanol–water partition coefficient (Wildman–Crippen LogP) is 0.482. The van der Waals surface area contributed by atoms with Crippen molar-refractivity contribution in [1.29, 1.82) is 0 Å². The van der Waals surface area contributed by atoms with Gasteiger partial charge in [-0.15, -0.1) is 0 Å². The molecule has 8 heavy (non-hydrogen) atoms. The molecule has 0 amide bonds. The molecule has 0 aliphatic rings. The number of pyridine rings is 1. The Bertz CT molecular complexity index is 150. The molecule has 1 aromatic heterocycles. The van der Waals surface area contributed by atoms with Crippen LogP contribution in [0.5, 0.6) is 0 Å².